The van der Waals surface area contributed by atoms with E-state index in [1.54, 1.807) is 6.07 Å². The summed E-state index contributed by atoms with van der Waals surface area (Å²) in [7, 11) is 0. The number of H-pyrrole nitrogens is 1. The predicted octanol–water partition coefficient (Wildman–Crippen LogP) is 3.63. The summed E-state index contributed by atoms with van der Waals surface area (Å²) in [5, 5.41) is 0.914. The number of fused-ring (bicyclic) bond motifs is 1. The van der Waals surface area contributed by atoms with Crippen LogP contribution in [0.15, 0.2) is 22.7 Å². The highest BCUT2D eigenvalue weighted by molar-refractivity contribution is 9.10. The first-order valence-electron chi connectivity index (χ1n) is 4.18. The van der Waals surface area contributed by atoms with Crippen molar-refractivity contribution >= 4 is 26.8 Å². The summed E-state index contributed by atoms with van der Waals surface area (Å²) >= 11 is 3.45. The average molecular weight is 242 g/mol. The van der Waals surface area contributed by atoms with Gasteiger partial charge in [0.15, 0.2) is 0 Å². The van der Waals surface area contributed by atoms with Crippen LogP contribution in [-0.4, -0.2) is 4.98 Å². The van der Waals surface area contributed by atoms with Gasteiger partial charge in [-0.1, -0.05) is 6.92 Å². The van der Waals surface area contributed by atoms with E-state index in [0.29, 0.717) is 0 Å². The molecule has 3 heteroatoms. The molecule has 0 spiro atoms. The van der Waals surface area contributed by atoms with Gasteiger partial charge in [0.25, 0.3) is 0 Å². The first-order valence-corrected chi connectivity index (χ1v) is 4.97. The van der Waals surface area contributed by atoms with Crippen molar-refractivity contribution in [2.75, 3.05) is 0 Å². The van der Waals surface area contributed by atoms with Crippen molar-refractivity contribution in [1.29, 1.82) is 0 Å². The summed E-state index contributed by atoms with van der Waals surface area (Å²) in [5.74, 6) is -0.199. The van der Waals surface area contributed by atoms with Gasteiger partial charge < -0.3 is 4.98 Å². The molecule has 2 rings (SSSR count). The minimum Gasteiger partial charge on any atom is -0.357 e. The zero-order chi connectivity index (χ0) is 9.42. The SMILES string of the molecule is CCc1[nH]c2ccc(F)cc2c1Br. The molecule has 0 aliphatic carbocycles. The Bertz CT molecular complexity index is 447. The summed E-state index contributed by atoms with van der Waals surface area (Å²) in [6.07, 6.45) is 0.914. The molecule has 0 unspecified atom stereocenters. The van der Waals surface area contributed by atoms with Crippen LogP contribution in [0, 0.1) is 5.82 Å². The Balaban J connectivity index is 2.77. The number of aromatic amines is 1. The number of nitrogens with one attached hydrogen (secondary N) is 1. The quantitative estimate of drug-likeness (QED) is 0.785. The van der Waals surface area contributed by atoms with Crippen LogP contribution in [0.2, 0.25) is 0 Å². The topological polar surface area (TPSA) is 15.8 Å². The normalized spacial score (nSPS) is 11.0. The van der Waals surface area contributed by atoms with Crippen molar-refractivity contribution in [2.45, 2.75) is 13.3 Å². The van der Waals surface area contributed by atoms with Crippen LogP contribution < -0.4 is 0 Å². The molecule has 1 nitrogen and oxygen atoms in total. The van der Waals surface area contributed by atoms with Gasteiger partial charge in [-0.05, 0) is 40.5 Å². The lowest BCUT2D eigenvalue weighted by atomic mass is 10.2. The molecule has 0 radical (unpaired) electrons. The first kappa shape index (κ1) is 8.75. The number of aromatic nitrogens is 1. The second-order valence-corrected chi connectivity index (χ2v) is 3.75. The molecule has 68 valence electrons. The highest BCUT2D eigenvalue weighted by Gasteiger charge is 2.07. The summed E-state index contributed by atoms with van der Waals surface area (Å²) in [5.41, 5.74) is 2.09. The van der Waals surface area contributed by atoms with E-state index in [-0.39, 0.29) is 5.82 Å². The Morgan fingerprint density at radius 1 is 1.46 bits per heavy atom. The molecule has 0 bridgehead atoms. The largest absolute Gasteiger partial charge is 0.357 e. The van der Waals surface area contributed by atoms with E-state index in [1.165, 1.54) is 12.1 Å². The molecule has 0 aliphatic heterocycles. The monoisotopic (exact) mass is 241 g/mol. The van der Waals surface area contributed by atoms with Gasteiger partial charge in [-0.3, -0.25) is 0 Å². The maximum Gasteiger partial charge on any atom is 0.123 e. The molecule has 0 saturated heterocycles. The minimum atomic E-state index is -0.199. The maximum absolute atomic E-state index is 12.9. The third kappa shape index (κ3) is 1.37. The molecule has 0 atom stereocenters. The van der Waals surface area contributed by atoms with Crippen LogP contribution in [0.4, 0.5) is 4.39 Å². The van der Waals surface area contributed by atoms with Crippen molar-refractivity contribution in [2.24, 2.45) is 0 Å². The number of rotatable bonds is 1. The summed E-state index contributed by atoms with van der Waals surface area (Å²) in [4.78, 5) is 3.23. The lowest BCUT2D eigenvalue weighted by molar-refractivity contribution is 0.629. The van der Waals surface area contributed by atoms with Gasteiger partial charge in [0.2, 0.25) is 0 Å². The van der Waals surface area contributed by atoms with Gasteiger partial charge in [0, 0.05) is 21.1 Å². The van der Waals surface area contributed by atoms with Crippen molar-refractivity contribution in [3.05, 3.63) is 34.2 Å². The van der Waals surface area contributed by atoms with E-state index in [4.69, 9.17) is 0 Å². The van der Waals surface area contributed by atoms with Gasteiger partial charge in [-0.25, -0.2) is 4.39 Å². The van der Waals surface area contributed by atoms with Gasteiger partial charge >= 0.3 is 0 Å². The second-order valence-electron chi connectivity index (χ2n) is 2.96. The molecular weight excluding hydrogens is 233 g/mol. The van der Waals surface area contributed by atoms with Crippen molar-refractivity contribution < 1.29 is 4.39 Å². The fourth-order valence-corrected chi connectivity index (χ4v) is 2.14. The van der Waals surface area contributed by atoms with E-state index in [1.807, 2.05) is 0 Å². The Morgan fingerprint density at radius 3 is 2.92 bits per heavy atom. The van der Waals surface area contributed by atoms with E-state index >= 15 is 0 Å². The third-order valence-corrected chi connectivity index (χ3v) is 3.03. The van der Waals surface area contributed by atoms with Crippen LogP contribution in [0.25, 0.3) is 10.9 Å². The molecule has 1 heterocycles. The van der Waals surface area contributed by atoms with Gasteiger partial charge in [-0.2, -0.15) is 0 Å². The van der Waals surface area contributed by atoms with Gasteiger partial charge in [0.05, 0.1) is 0 Å². The molecular formula is C10H9BrFN. The summed E-state index contributed by atoms with van der Waals surface area (Å²) in [6, 6.07) is 4.76. The van der Waals surface area contributed by atoms with Crippen molar-refractivity contribution in [3.63, 3.8) is 0 Å². The molecule has 0 saturated carbocycles. The predicted molar refractivity (Wildman–Crippen MR) is 55.3 cm³/mol. The number of hydrogen-bond donors (Lipinski definition) is 1. The van der Waals surface area contributed by atoms with Crippen LogP contribution in [0.3, 0.4) is 0 Å². The summed E-state index contributed by atoms with van der Waals surface area (Å²) < 4.78 is 13.9. The van der Waals surface area contributed by atoms with E-state index in [2.05, 4.69) is 27.8 Å². The maximum atomic E-state index is 12.9. The lowest BCUT2D eigenvalue weighted by Crippen LogP contribution is -1.77. The first-order chi connectivity index (χ1) is 6.22. The fourth-order valence-electron chi connectivity index (χ4n) is 1.43. The minimum absolute atomic E-state index is 0.199. The average Bonchev–Trinajstić information content (AvgIpc) is 2.44. The van der Waals surface area contributed by atoms with Crippen LogP contribution >= 0.6 is 15.9 Å². The molecule has 1 N–H and O–H groups in total. The van der Waals surface area contributed by atoms with E-state index < -0.39 is 0 Å². The zero-order valence-electron chi connectivity index (χ0n) is 7.20. The van der Waals surface area contributed by atoms with Crippen LogP contribution in [-0.2, 0) is 6.42 Å². The fraction of sp³-hybridized carbons (Fsp3) is 0.200. The number of benzene rings is 1. The number of halogens is 2. The van der Waals surface area contributed by atoms with Crippen molar-refractivity contribution in [1.82, 2.24) is 4.98 Å². The molecule has 0 aliphatic rings. The Kier molecular flexibility index (Phi) is 2.12. The molecule has 13 heavy (non-hydrogen) atoms. The van der Waals surface area contributed by atoms with Crippen LogP contribution in [0.5, 0.6) is 0 Å². The Labute approximate surface area is 84.1 Å². The lowest BCUT2D eigenvalue weighted by Gasteiger charge is -1.90. The second kappa shape index (κ2) is 3.14. The third-order valence-electron chi connectivity index (χ3n) is 2.12. The molecule has 0 amide bonds. The number of hydrogen-bond acceptors (Lipinski definition) is 0. The van der Waals surface area contributed by atoms with E-state index in [0.717, 1.165) is 27.5 Å². The van der Waals surface area contributed by atoms with E-state index in [9.17, 15) is 4.39 Å². The van der Waals surface area contributed by atoms with Gasteiger partial charge in [-0.15, -0.1) is 0 Å². The highest BCUT2D eigenvalue weighted by Crippen LogP contribution is 2.28. The molecule has 0 fully saturated rings. The van der Waals surface area contributed by atoms with Gasteiger partial charge in [0.1, 0.15) is 5.82 Å². The molecule has 1 aromatic heterocycles. The molecule has 1 aromatic carbocycles. The van der Waals surface area contributed by atoms with Crippen molar-refractivity contribution in [3.8, 4) is 0 Å². The Hall–Kier alpha value is -0.830. The zero-order valence-corrected chi connectivity index (χ0v) is 8.78. The molecule has 2 aromatic rings. The standard InChI is InChI=1S/C10H9BrFN/c1-2-8-10(11)7-5-6(12)3-4-9(7)13-8/h3-5,13H,2H2,1H3. The van der Waals surface area contributed by atoms with Crippen LogP contribution in [0.1, 0.15) is 12.6 Å². The highest BCUT2D eigenvalue weighted by atomic mass is 79.9. The number of aryl methyl sites for hydroxylation is 1. The summed E-state index contributed by atoms with van der Waals surface area (Å²) in [6.45, 7) is 2.06. The Morgan fingerprint density at radius 2 is 2.23 bits per heavy atom. The smallest absolute Gasteiger partial charge is 0.123 e.